The molecule has 1 saturated heterocycles. The number of benzene rings is 1. The highest BCUT2D eigenvalue weighted by molar-refractivity contribution is 8.00. The van der Waals surface area contributed by atoms with E-state index in [1.54, 1.807) is 23.6 Å². The molecule has 1 amide bonds. The number of nitrogens with zero attached hydrogens (tertiary/aromatic N) is 1. The Balaban J connectivity index is 1.67. The molecule has 7 heteroatoms. The molecule has 1 aromatic carbocycles. The van der Waals surface area contributed by atoms with Crippen LogP contribution in [0.1, 0.15) is 12.5 Å². The quantitative estimate of drug-likeness (QED) is 0.809. The van der Waals surface area contributed by atoms with Gasteiger partial charge in [0, 0.05) is 5.75 Å². The summed E-state index contributed by atoms with van der Waals surface area (Å²) in [6.07, 6.45) is 0.290. The van der Waals surface area contributed by atoms with E-state index in [1.807, 2.05) is 30.3 Å². The van der Waals surface area contributed by atoms with Crippen molar-refractivity contribution in [3.63, 3.8) is 0 Å². The fourth-order valence-corrected chi connectivity index (χ4v) is 4.64. The number of amides is 1. The highest BCUT2D eigenvalue weighted by Gasteiger charge is 2.50. The third-order valence-corrected chi connectivity index (χ3v) is 5.76. The third-order valence-electron chi connectivity index (χ3n) is 3.89. The van der Waals surface area contributed by atoms with Gasteiger partial charge in [0.25, 0.3) is 0 Å². The second kappa shape index (κ2) is 6.33. The number of carboxylic acid groups (broad SMARTS) is 1. The van der Waals surface area contributed by atoms with Gasteiger partial charge in [-0.1, -0.05) is 42.5 Å². The number of hydrogen-bond donors (Lipinski definition) is 2. The van der Waals surface area contributed by atoms with E-state index in [1.165, 1.54) is 0 Å². The summed E-state index contributed by atoms with van der Waals surface area (Å²) in [6.45, 7) is 1.80. The Morgan fingerprint density at radius 2 is 2.09 bits per heavy atom. The Morgan fingerprint density at radius 1 is 1.39 bits per heavy atom. The van der Waals surface area contributed by atoms with Crippen LogP contribution in [0.4, 0.5) is 0 Å². The predicted molar refractivity (Wildman–Crippen MR) is 93.1 cm³/mol. The average molecular weight is 348 g/mol. The molecule has 2 atom stereocenters. The van der Waals surface area contributed by atoms with Crippen molar-refractivity contribution in [2.45, 2.75) is 24.8 Å². The van der Waals surface area contributed by atoms with Crippen molar-refractivity contribution in [3.05, 3.63) is 47.2 Å². The molecule has 23 heavy (non-hydrogen) atoms. The van der Waals surface area contributed by atoms with Gasteiger partial charge < -0.3 is 15.3 Å². The highest BCUT2D eigenvalue weighted by Crippen LogP contribution is 2.40. The number of carbonyl (C=O) groups excluding carboxylic acids is 1. The summed E-state index contributed by atoms with van der Waals surface area (Å²) in [5.74, 6) is -0.438. The van der Waals surface area contributed by atoms with Crippen molar-refractivity contribution < 1.29 is 14.7 Å². The minimum Gasteiger partial charge on any atom is -0.477 e. The minimum absolute atomic E-state index is 0.105. The summed E-state index contributed by atoms with van der Waals surface area (Å²) in [5.41, 5.74) is 1.99. The first-order valence-electron chi connectivity index (χ1n) is 7.20. The van der Waals surface area contributed by atoms with Crippen molar-refractivity contribution in [2.24, 2.45) is 0 Å². The van der Waals surface area contributed by atoms with Gasteiger partial charge in [0.1, 0.15) is 22.1 Å². The summed E-state index contributed by atoms with van der Waals surface area (Å²) < 4.78 is 0. The second-order valence-corrected chi connectivity index (χ2v) is 7.07. The van der Waals surface area contributed by atoms with Gasteiger partial charge >= 0.3 is 5.97 Å². The molecule has 0 aliphatic carbocycles. The van der Waals surface area contributed by atoms with Crippen molar-refractivity contribution in [1.29, 1.82) is 0 Å². The maximum absolute atomic E-state index is 12.2. The van der Waals surface area contributed by atoms with Crippen LogP contribution >= 0.6 is 24.0 Å². The second-order valence-electron chi connectivity index (χ2n) is 5.55. The Bertz CT molecular complexity index is 703. The van der Waals surface area contributed by atoms with Crippen LogP contribution in [-0.4, -0.2) is 44.0 Å². The van der Waals surface area contributed by atoms with E-state index in [0.717, 1.165) is 11.1 Å². The summed E-state index contributed by atoms with van der Waals surface area (Å²) in [5, 5.41) is 12.2. The molecular weight excluding hydrogens is 332 g/mol. The van der Waals surface area contributed by atoms with Crippen LogP contribution in [0, 0.1) is 0 Å². The zero-order chi connectivity index (χ0) is 16.6. The number of thioether (sulfide) groups is 1. The van der Waals surface area contributed by atoms with Crippen molar-refractivity contribution in [3.8, 4) is 0 Å². The number of nitrogens with one attached hydrogen (secondary N) is 1. The van der Waals surface area contributed by atoms with E-state index in [9.17, 15) is 14.7 Å². The van der Waals surface area contributed by atoms with Gasteiger partial charge in [-0.3, -0.25) is 4.79 Å². The first kappa shape index (κ1) is 16.0. The van der Waals surface area contributed by atoms with E-state index < -0.39 is 5.97 Å². The van der Waals surface area contributed by atoms with Crippen molar-refractivity contribution in [1.82, 2.24) is 10.2 Å². The molecule has 1 unspecified atom stereocenters. The van der Waals surface area contributed by atoms with Crippen molar-refractivity contribution in [2.75, 3.05) is 5.75 Å². The molecular formula is C16H16N2O3S2. The van der Waals surface area contributed by atoms with Gasteiger partial charge in [0.05, 0.1) is 6.42 Å². The molecule has 2 aliphatic rings. The van der Waals surface area contributed by atoms with Crippen LogP contribution in [0.3, 0.4) is 0 Å². The summed E-state index contributed by atoms with van der Waals surface area (Å²) in [7, 11) is 0. The fraction of sp³-hybridized carbons (Fsp3) is 0.312. The molecule has 3 rings (SSSR count). The number of fused-ring (bicyclic) bond motifs is 1. The molecule has 5 nitrogen and oxygen atoms in total. The summed E-state index contributed by atoms with van der Waals surface area (Å²) in [4.78, 5) is 25.7. The summed E-state index contributed by atoms with van der Waals surface area (Å²) >= 11 is 6.94. The number of rotatable bonds is 4. The largest absolute Gasteiger partial charge is 0.477 e. The van der Waals surface area contributed by atoms with Crippen LogP contribution in [0.15, 0.2) is 41.6 Å². The topological polar surface area (TPSA) is 69.6 Å². The van der Waals surface area contributed by atoms with Crippen LogP contribution in [-0.2, 0) is 16.0 Å². The van der Waals surface area contributed by atoms with Crippen LogP contribution in [0.2, 0.25) is 0 Å². The standard InChI is InChI=1S/C16H16N2O3S2/c1-9-8-23-15-12(14(22)18(15)13(9)16(20)21)17-11(19)7-10-5-3-2-4-6-10/h2-6,12,15H,7-8H2,1H3,(H,17,19)(H,20,21)/t12-,15?/m1/s1. The van der Waals surface area contributed by atoms with E-state index in [2.05, 4.69) is 5.32 Å². The highest BCUT2D eigenvalue weighted by atomic mass is 32.2. The molecule has 120 valence electrons. The third kappa shape index (κ3) is 2.98. The SMILES string of the molecule is CC1=C(C(=O)O)N2C(=S)[C@@H](NC(=O)Cc3ccccc3)C2SC1. The van der Waals surface area contributed by atoms with E-state index in [-0.39, 0.29) is 29.4 Å². The fourth-order valence-electron chi connectivity index (χ4n) is 2.78. The first-order chi connectivity index (χ1) is 11.0. The van der Waals surface area contributed by atoms with Gasteiger partial charge in [-0.15, -0.1) is 11.8 Å². The summed E-state index contributed by atoms with van der Waals surface area (Å²) in [6, 6.07) is 9.20. The molecule has 1 aromatic rings. The average Bonchev–Trinajstić information content (AvgIpc) is 2.53. The zero-order valence-electron chi connectivity index (χ0n) is 12.5. The molecule has 0 saturated carbocycles. The zero-order valence-corrected chi connectivity index (χ0v) is 14.1. The molecule has 0 aromatic heterocycles. The normalized spacial score (nSPS) is 23.2. The first-order valence-corrected chi connectivity index (χ1v) is 8.65. The Labute approximate surface area is 143 Å². The molecule has 0 bridgehead atoms. The maximum atomic E-state index is 12.2. The minimum atomic E-state index is -0.968. The monoisotopic (exact) mass is 348 g/mol. The van der Waals surface area contributed by atoms with Gasteiger partial charge in [-0.25, -0.2) is 4.79 Å². The number of carbonyl (C=O) groups is 2. The van der Waals surface area contributed by atoms with Crippen LogP contribution in [0.5, 0.6) is 0 Å². The Kier molecular flexibility index (Phi) is 4.41. The maximum Gasteiger partial charge on any atom is 0.352 e. The molecule has 2 N–H and O–H groups in total. The van der Waals surface area contributed by atoms with Gasteiger partial charge in [-0.05, 0) is 18.1 Å². The Morgan fingerprint density at radius 3 is 2.74 bits per heavy atom. The number of thiocarbonyl (C=S) groups is 1. The number of hydrogen-bond acceptors (Lipinski definition) is 4. The lowest BCUT2D eigenvalue weighted by molar-refractivity contribution is -0.134. The lowest BCUT2D eigenvalue weighted by Gasteiger charge is -2.51. The lowest BCUT2D eigenvalue weighted by atomic mass is 10.0. The lowest BCUT2D eigenvalue weighted by Crippen LogP contribution is -2.69. The Hall–Kier alpha value is -1.86. The van der Waals surface area contributed by atoms with Crippen molar-refractivity contribution >= 4 is 40.8 Å². The van der Waals surface area contributed by atoms with E-state index in [4.69, 9.17) is 12.2 Å². The molecule has 1 fully saturated rings. The molecule has 2 heterocycles. The van der Waals surface area contributed by atoms with Gasteiger partial charge in [0.15, 0.2) is 0 Å². The number of aliphatic carboxylic acids is 1. The molecule has 2 aliphatic heterocycles. The van der Waals surface area contributed by atoms with Gasteiger partial charge in [0.2, 0.25) is 5.91 Å². The van der Waals surface area contributed by atoms with Gasteiger partial charge in [-0.2, -0.15) is 0 Å². The van der Waals surface area contributed by atoms with Crippen LogP contribution < -0.4 is 5.32 Å². The smallest absolute Gasteiger partial charge is 0.352 e. The van der Waals surface area contributed by atoms with E-state index >= 15 is 0 Å². The molecule has 0 radical (unpaired) electrons. The van der Waals surface area contributed by atoms with E-state index in [0.29, 0.717) is 10.7 Å². The predicted octanol–water partition coefficient (Wildman–Crippen LogP) is 1.79. The van der Waals surface area contributed by atoms with Crippen LogP contribution in [0.25, 0.3) is 0 Å². The number of carboxylic acids is 1. The molecule has 0 spiro atoms.